The van der Waals surface area contributed by atoms with E-state index in [1.165, 1.54) is 0 Å². The van der Waals surface area contributed by atoms with Crippen LogP contribution in [0.2, 0.25) is 0 Å². The fourth-order valence-electron chi connectivity index (χ4n) is 0.604. The molecule has 0 amide bonds. The number of hydrogen-bond donors (Lipinski definition) is 1. The number of ether oxygens (including phenoxy) is 1. The maximum Gasteiger partial charge on any atom is 0.119 e. The molecule has 0 aliphatic carbocycles. The molecule has 1 aromatic carbocycles. The second-order valence-electron chi connectivity index (χ2n) is 1.77. The van der Waals surface area contributed by atoms with Crippen LogP contribution in [0.1, 0.15) is 0 Å². The minimum atomic E-state index is 0. The number of hydrogen-bond acceptors (Lipinski definition) is 2. The molecule has 0 bridgehead atoms. The van der Waals surface area contributed by atoms with Crippen molar-refractivity contribution in [2.75, 3.05) is 12.8 Å². The number of rotatable bonds is 1. The Morgan fingerprint density at radius 1 is 1.20 bits per heavy atom. The number of benzene rings is 1. The molecule has 0 atom stereocenters. The van der Waals surface area contributed by atoms with Gasteiger partial charge in [0.05, 0.1) is 7.11 Å². The van der Waals surface area contributed by atoms with E-state index in [1.54, 1.807) is 19.2 Å². The van der Waals surface area contributed by atoms with E-state index in [2.05, 4.69) is 0 Å². The molecular weight excluding hydrogens is 121 g/mol. The summed E-state index contributed by atoms with van der Waals surface area (Å²) in [6, 6.07) is 7.27. The molecular formula is C7H9LiNO. The first-order valence-corrected chi connectivity index (χ1v) is 2.72. The summed E-state index contributed by atoms with van der Waals surface area (Å²) in [4.78, 5) is 0. The van der Waals surface area contributed by atoms with Gasteiger partial charge in [0.15, 0.2) is 0 Å². The summed E-state index contributed by atoms with van der Waals surface area (Å²) < 4.78 is 4.91. The van der Waals surface area contributed by atoms with E-state index < -0.39 is 0 Å². The van der Waals surface area contributed by atoms with Crippen molar-refractivity contribution in [2.24, 2.45) is 0 Å². The maximum absolute atomic E-state index is 5.43. The standard InChI is InChI=1S/C7H9NO.Li/c1-9-7-4-2-6(8)3-5-7;/h2-5H,8H2,1H3;. The summed E-state index contributed by atoms with van der Waals surface area (Å²) in [7, 11) is 1.63. The predicted octanol–water partition coefficient (Wildman–Crippen LogP) is 0.897. The molecule has 2 nitrogen and oxygen atoms in total. The monoisotopic (exact) mass is 130 g/mol. The second kappa shape index (κ2) is 4.27. The first-order valence-electron chi connectivity index (χ1n) is 2.72. The van der Waals surface area contributed by atoms with Gasteiger partial charge in [-0.15, -0.1) is 0 Å². The van der Waals surface area contributed by atoms with Gasteiger partial charge < -0.3 is 10.5 Å². The van der Waals surface area contributed by atoms with Crippen molar-refractivity contribution in [3.05, 3.63) is 24.3 Å². The Hall–Kier alpha value is -0.583. The van der Waals surface area contributed by atoms with Crippen LogP contribution in [0, 0.1) is 0 Å². The van der Waals surface area contributed by atoms with Crippen molar-refractivity contribution in [3.63, 3.8) is 0 Å². The number of nitrogens with two attached hydrogens (primary N) is 1. The van der Waals surface area contributed by atoms with Crippen LogP contribution in [0.3, 0.4) is 0 Å². The van der Waals surface area contributed by atoms with Crippen LogP contribution < -0.4 is 10.5 Å². The van der Waals surface area contributed by atoms with E-state index >= 15 is 0 Å². The quantitative estimate of drug-likeness (QED) is 0.452. The normalized spacial score (nSPS) is 8.10. The number of nitrogen functional groups attached to an aromatic ring is 1. The van der Waals surface area contributed by atoms with Gasteiger partial charge in [0, 0.05) is 24.5 Å². The Morgan fingerprint density at radius 2 is 1.70 bits per heavy atom. The molecule has 0 unspecified atom stereocenters. The molecule has 1 aromatic rings. The van der Waals surface area contributed by atoms with Crippen LogP contribution in [0.25, 0.3) is 0 Å². The third kappa shape index (κ3) is 2.34. The minimum Gasteiger partial charge on any atom is -0.497 e. The van der Waals surface area contributed by atoms with Gasteiger partial charge in [0.2, 0.25) is 0 Å². The summed E-state index contributed by atoms with van der Waals surface area (Å²) in [6.07, 6.45) is 0. The zero-order chi connectivity index (χ0) is 6.69. The Labute approximate surface area is 72.5 Å². The van der Waals surface area contributed by atoms with Crippen molar-refractivity contribution in [3.8, 4) is 5.75 Å². The molecule has 3 heteroatoms. The van der Waals surface area contributed by atoms with Crippen molar-refractivity contribution >= 4 is 24.5 Å². The zero-order valence-corrected chi connectivity index (χ0v) is 6.29. The molecule has 0 spiro atoms. The maximum atomic E-state index is 5.43. The van der Waals surface area contributed by atoms with Crippen LogP contribution in [0.15, 0.2) is 24.3 Å². The molecule has 0 aliphatic rings. The van der Waals surface area contributed by atoms with Crippen molar-refractivity contribution in [2.45, 2.75) is 0 Å². The third-order valence-electron chi connectivity index (χ3n) is 1.12. The number of methoxy groups -OCH3 is 1. The fourth-order valence-corrected chi connectivity index (χ4v) is 0.604. The Bertz CT molecular complexity index is 185. The third-order valence-corrected chi connectivity index (χ3v) is 1.12. The van der Waals surface area contributed by atoms with Crippen LogP contribution in [0.5, 0.6) is 5.75 Å². The minimum absolute atomic E-state index is 0. The van der Waals surface area contributed by atoms with Gasteiger partial charge in [-0.3, -0.25) is 0 Å². The van der Waals surface area contributed by atoms with Gasteiger partial charge in [-0.1, -0.05) is 0 Å². The van der Waals surface area contributed by atoms with Crippen LogP contribution in [-0.2, 0) is 0 Å². The van der Waals surface area contributed by atoms with Gasteiger partial charge in [-0.2, -0.15) is 0 Å². The molecule has 0 fully saturated rings. The summed E-state index contributed by atoms with van der Waals surface area (Å²) >= 11 is 0. The average molecular weight is 130 g/mol. The fraction of sp³-hybridized carbons (Fsp3) is 0.143. The van der Waals surface area contributed by atoms with Crippen molar-refractivity contribution in [1.29, 1.82) is 0 Å². The van der Waals surface area contributed by atoms with Gasteiger partial charge in [-0.25, -0.2) is 0 Å². The SMILES string of the molecule is COc1ccc(N)cc1.[Li]. The number of anilines is 1. The van der Waals surface area contributed by atoms with Crippen LogP contribution in [-0.4, -0.2) is 26.0 Å². The first-order chi connectivity index (χ1) is 4.33. The van der Waals surface area contributed by atoms with Gasteiger partial charge in [0.1, 0.15) is 5.75 Å². The van der Waals surface area contributed by atoms with Crippen LogP contribution >= 0.6 is 0 Å². The van der Waals surface area contributed by atoms with E-state index in [0.29, 0.717) is 0 Å². The van der Waals surface area contributed by atoms with Crippen molar-refractivity contribution in [1.82, 2.24) is 0 Å². The molecule has 0 saturated heterocycles. The Morgan fingerprint density at radius 3 is 2.10 bits per heavy atom. The smallest absolute Gasteiger partial charge is 0.119 e. The van der Waals surface area contributed by atoms with Gasteiger partial charge >= 0.3 is 0 Å². The van der Waals surface area contributed by atoms with Crippen molar-refractivity contribution < 1.29 is 4.74 Å². The van der Waals surface area contributed by atoms with E-state index in [1.807, 2.05) is 12.1 Å². The topological polar surface area (TPSA) is 35.2 Å². The summed E-state index contributed by atoms with van der Waals surface area (Å²) in [5, 5.41) is 0. The van der Waals surface area contributed by atoms with E-state index in [9.17, 15) is 0 Å². The molecule has 0 saturated carbocycles. The van der Waals surface area contributed by atoms with E-state index in [0.717, 1.165) is 11.4 Å². The molecule has 0 heterocycles. The summed E-state index contributed by atoms with van der Waals surface area (Å²) in [5.74, 6) is 0.837. The predicted molar refractivity (Wildman–Crippen MR) is 43.2 cm³/mol. The first kappa shape index (κ1) is 9.42. The summed E-state index contributed by atoms with van der Waals surface area (Å²) in [6.45, 7) is 0. The van der Waals surface area contributed by atoms with E-state index in [-0.39, 0.29) is 18.9 Å². The largest absolute Gasteiger partial charge is 0.497 e. The van der Waals surface area contributed by atoms with Crippen LogP contribution in [0.4, 0.5) is 5.69 Å². The second-order valence-corrected chi connectivity index (χ2v) is 1.77. The van der Waals surface area contributed by atoms with Gasteiger partial charge in [0.25, 0.3) is 0 Å². The molecule has 0 aromatic heterocycles. The molecule has 49 valence electrons. The molecule has 1 rings (SSSR count). The molecule has 10 heavy (non-hydrogen) atoms. The van der Waals surface area contributed by atoms with Gasteiger partial charge in [-0.05, 0) is 24.3 Å². The molecule has 2 N–H and O–H groups in total. The summed E-state index contributed by atoms with van der Waals surface area (Å²) in [5.41, 5.74) is 6.19. The molecule has 0 aliphatic heterocycles. The Balaban J connectivity index is 0.000000810. The van der Waals surface area contributed by atoms with E-state index in [4.69, 9.17) is 10.5 Å². The average Bonchev–Trinajstić information content (AvgIpc) is 1.90. The molecule has 1 radical (unpaired) electrons. The Kier molecular flexibility index (Phi) is 4.02. The zero-order valence-electron chi connectivity index (χ0n) is 6.29.